The zero-order valence-electron chi connectivity index (χ0n) is 11.9. The van der Waals surface area contributed by atoms with Crippen molar-refractivity contribution in [1.29, 1.82) is 0 Å². The number of carboxylic acid groups (broad SMARTS) is 1. The van der Waals surface area contributed by atoms with Crippen LogP contribution in [0, 0.1) is 5.92 Å². The minimum Gasteiger partial charge on any atom is -0.497 e. The number of hydrogen-bond acceptors (Lipinski definition) is 5. The molecule has 0 fully saturated rings. The molecule has 0 spiro atoms. The number of aliphatic carboxylic acids is 1. The van der Waals surface area contributed by atoms with Crippen LogP contribution in [0.1, 0.15) is 12.3 Å². The molecular weight excluding hydrogens is 284 g/mol. The molecule has 1 aromatic heterocycles. The molecule has 3 rings (SSSR count). The van der Waals surface area contributed by atoms with E-state index < -0.39 is 11.9 Å². The predicted octanol–water partition coefficient (Wildman–Crippen LogP) is 2.79. The summed E-state index contributed by atoms with van der Waals surface area (Å²) < 4.78 is 10.4. The van der Waals surface area contributed by atoms with Gasteiger partial charge in [0.2, 0.25) is 5.82 Å². The third-order valence-electron chi connectivity index (χ3n) is 3.44. The van der Waals surface area contributed by atoms with Crippen LogP contribution in [-0.4, -0.2) is 28.3 Å². The Morgan fingerprint density at radius 1 is 1.36 bits per heavy atom. The smallest absolute Gasteiger partial charge is 0.310 e. The lowest BCUT2D eigenvalue weighted by Crippen LogP contribution is -2.11. The van der Waals surface area contributed by atoms with Gasteiger partial charge in [0.1, 0.15) is 5.75 Å². The number of allylic oxidation sites excluding steroid dienone is 3. The molecule has 2 aromatic rings. The highest BCUT2D eigenvalue weighted by molar-refractivity contribution is 5.78. The fourth-order valence-electron chi connectivity index (χ4n) is 2.16. The number of aromatic nitrogens is 2. The second kappa shape index (κ2) is 5.85. The molecule has 1 heterocycles. The topological polar surface area (TPSA) is 85.5 Å². The maximum absolute atomic E-state index is 10.9. The molecule has 0 saturated heterocycles. The maximum atomic E-state index is 10.9. The van der Waals surface area contributed by atoms with Crippen molar-refractivity contribution in [3.8, 4) is 17.1 Å². The molecule has 1 atom stereocenters. The van der Waals surface area contributed by atoms with E-state index in [1.807, 2.05) is 24.3 Å². The Labute approximate surface area is 126 Å². The summed E-state index contributed by atoms with van der Waals surface area (Å²) in [6.07, 6.45) is 5.55. The lowest BCUT2D eigenvalue weighted by Gasteiger charge is -2.09. The van der Waals surface area contributed by atoms with E-state index in [0.29, 0.717) is 18.1 Å². The number of methoxy groups -OCH3 is 1. The van der Waals surface area contributed by atoms with E-state index in [2.05, 4.69) is 10.1 Å². The SMILES string of the molecule is COc1ccc(-c2noc(C3=CCC(C(=O)O)C=C3)n2)cc1. The van der Waals surface area contributed by atoms with Crippen molar-refractivity contribution in [3.05, 3.63) is 48.4 Å². The summed E-state index contributed by atoms with van der Waals surface area (Å²) >= 11 is 0. The van der Waals surface area contributed by atoms with Gasteiger partial charge in [-0.3, -0.25) is 4.79 Å². The van der Waals surface area contributed by atoms with Crippen LogP contribution in [0.5, 0.6) is 5.75 Å². The zero-order chi connectivity index (χ0) is 15.5. The van der Waals surface area contributed by atoms with Gasteiger partial charge in [-0.05, 0) is 30.7 Å². The van der Waals surface area contributed by atoms with Crippen molar-refractivity contribution >= 4 is 11.5 Å². The minimum absolute atomic E-state index is 0.380. The van der Waals surface area contributed by atoms with Crippen LogP contribution < -0.4 is 4.74 Å². The van der Waals surface area contributed by atoms with Crippen LogP contribution in [0.25, 0.3) is 17.0 Å². The first-order valence-corrected chi connectivity index (χ1v) is 6.77. The summed E-state index contributed by atoms with van der Waals surface area (Å²) in [5.41, 5.74) is 1.56. The Morgan fingerprint density at radius 3 is 2.73 bits per heavy atom. The van der Waals surface area contributed by atoms with Crippen LogP contribution in [0.2, 0.25) is 0 Å². The van der Waals surface area contributed by atoms with E-state index in [1.54, 1.807) is 25.3 Å². The van der Waals surface area contributed by atoms with Gasteiger partial charge in [0, 0.05) is 11.1 Å². The Morgan fingerprint density at radius 2 is 2.14 bits per heavy atom. The summed E-state index contributed by atoms with van der Waals surface area (Å²) in [6, 6.07) is 7.34. The molecule has 6 nitrogen and oxygen atoms in total. The van der Waals surface area contributed by atoms with E-state index in [-0.39, 0.29) is 0 Å². The molecule has 22 heavy (non-hydrogen) atoms. The highest BCUT2D eigenvalue weighted by Crippen LogP contribution is 2.26. The molecule has 1 unspecified atom stereocenters. The predicted molar refractivity (Wildman–Crippen MR) is 79.1 cm³/mol. The summed E-state index contributed by atoms with van der Waals surface area (Å²) in [4.78, 5) is 15.2. The van der Waals surface area contributed by atoms with Gasteiger partial charge in [0.05, 0.1) is 13.0 Å². The molecule has 0 bridgehead atoms. The Kier molecular flexibility index (Phi) is 3.74. The van der Waals surface area contributed by atoms with E-state index in [1.165, 1.54) is 0 Å². The van der Waals surface area contributed by atoms with Crippen LogP contribution in [-0.2, 0) is 4.79 Å². The van der Waals surface area contributed by atoms with E-state index >= 15 is 0 Å². The highest BCUT2D eigenvalue weighted by Gasteiger charge is 2.19. The highest BCUT2D eigenvalue weighted by atomic mass is 16.5. The normalized spacial score (nSPS) is 17.1. The Hall–Kier alpha value is -2.89. The zero-order valence-corrected chi connectivity index (χ0v) is 11.9. The van der Waals surface area contributed by atoms with Gasteiger partial charge in [0.15, 0.2) is 0 Å². The molecule has 1 aliphatic rings. The molecule has 1 N–H and O–H groups in total. The third kappa shape index (κ3) is 2.76. The minimum atomic E-state index is -0.837. The van der Waals surface area contributed by atoms with Crippen molar-refractivity contribution < 1.29 is 19.2 Å². The average Bonchev–Trinajstić information content (AvgIpc) is 3.05. The van der Waals surface area contributed by atoms with Crippen molar-refractivity contribution in [1.82, 2.24) is 10.1 Å². The van der Waals surface area contributed by atoms with E-state index in [9.17, 15) is 4.79 Å². The van der Waals surface area contributed by atoms with Gasteiger partial charge < -0.3 is 14.4 Å². The molecular formula is C16H14N2O4. The van der Waals surface area contributed by atoms with Crippen molar-refractivity contribution in [3.63, 3.8) is 0 Å². The average molecular weight is 298 g/mol. The quantitative estimate of drug-likeness (QED) is 0.934. The number of benzene rings is 1. The standard InChI is InChI=1S/C16H14N2O4/c1-21-13-8-6-10(7-9-13)14-17-15(22-18-14)11-2-4-12(5-3-11)16(19)20/h2-4,6-9,12H,5H2,1H3,(H,19,20). The number of hydrogen-bond donors (Lipinski definition) is 1. The largest absolute Gasteiger partial charge is 0.497 e. The van der Waals surface area contributed by atoms with Gasteiger partial charge in [0.25, 0.3) is 5.89 Å². The number of rotatable bonds is 4. The summed E-state index contributed by atoms with van der Waals surface area (Å²) in [7, 11) is 1.60. The van der Waals surface area contributed by atoms with Gasteiger partial charge >= 0.3 is 5.97 Å². The Bertz CT molecular complexity index is 744. The first kappa shape index (κ1) is 14.1. The van der Waals surface area contributed by atoms with Gasteiger partial charge in [-0.2, -0.15) is 4.98 Å². The van der Waals surface area contributed by atoms with E-state index in [4.69, 9.17) is 14.4 Å². The van der Waals surface area contributed by atoms with Crippen LogP contribution in [0.4, 0.5) is 0 Å². The van der Waals surface area contributed by atoms with Gasteiger partial charge in [-0.25, -0.2) is 0 Å². The lowest BCUT2D eigenvalue weighted by atomic mass is 9.97. The van der Waals surface area contributed by atoms with Crippen molar-refractivity contribution in [2.24, 2.45) is 5.92 Å². The van der Waals surface area contributed by atoms with Crippen LogP contribution >= 0.6 is 0 Å². The number of ether oxygens (including phenoxy) is 1. The molecule has 0 amide bonds. The van der Waals surface area contributed by atoms with Crippen LogP contribution in [0.3, 0.4) is 0 Å². The maximum Gasteiger partial charge on any atom is 0.310 e. The Balaban J connectivity index is 1.79. The molecule has 112 valence electrons. The molecule has 0 saturated carbocycles. The van der Waals surface area contributed by atoms with Crippen LogP contribution in [0.15, 0.2) is 47.0 Å². The van der Waals surface area contributed by atoms with Gasteiger partial charge in [-0.1, -0.05) is 23.4 Å². The monoisotopic (exact) mass is 298 g/mol. The van der Waals surface area contributed by atoms with Crippen molar-refractivity contribution in [2.75, 3.05) is 7.11 Å². The summed E-state index contributed by atoms with van der Waals surface area (Å²) in [6.45, 7) is 0. The molecule has 0 radical (unpaired) electrons. The number of nitrogens with zero attached hydrogens (tertiary/aromatic N) is 2. The first-order chi connectivity index (χ1) is 10.7. The summed E-state index contributed by atoms with van der Waals surface area (Å²) in [5, 5.41) is 12.9. The fraction of sp³-hybridized carbons (Fsp3) is 0.188. The fourth-order valence-corrected chi connectivity index (χ4v) is 2.16. The molecule has 1 aliphatic carbocycles. The molecule has 6 heteroatoms. The summed E-state index contributed by atoms with van der Waals surface area (Å²) in [5.74, 6) is 0.284. The molecule has 0 aliphatic heterocycles. The second-order valence-corrected chi connectivity index (χ2v) is 4.85. The lowest BCUT2D eigenvalue weighted by molar-refractivity contribution is -0.139. The molecule has 1 aromatic carbocycles. The number of carboxylic acids is 1. The van der Waals surface area contributed by atoms with Gasteiger partial charge in [-0.15, -0.1) is 0 Å². The first-order valence-electron chi connectivity index (χ1n) is 6.77. The second-order valence-electron chi connectivity index (χ2n) is 4.85. The number of carbonyl (C=O) groups is 1. The van der Waals surface area contributed by atoms with Crippen molar-refractivity contribution in [2.45, 2.75) is 6.42 Å². The third-order valence-corrected chi connectivity index (χ3v) is 3.44. The van der Waals surface area contributed by atoms with E-state index in [0.717, 1.165) is 16.9 Å².